The van der Waals surface area contributed by atoms with E-state index in [1.54, 1.807) is 0 Å². The Balaban J connectivity index is 2.33. The largest absolute Gasteiger partial charge is 0.387 e. The van der Waals surface area contributed by atoms with E-state index in [2.05, 4.69) is 19.9 Å². The monoisotopic (exact) mass is 279 g/mol. The molecule has 1 aliphatic carbocycles. The number of rotatable bonds is 2. The van der Waals surface area contributed by atoms with Gasteiger partial charge in [-0.15, -0.1) is 0 Å². The third-order valence-corrected chi connectivity index (χ3v) is 4.49. The molecule has 20 heavy (non-hydrogen) atoms. The van der Waals surface area contributed by atoms with Gasteiger partial charge in [0.15, 0.2) is 0 Å². The average Bonchev–Trinajstić information content (AvgIpc) is 2.41. The highest BCUT2D eigenvalue weighted by Crippen LogP contribution is 2.51. The summed E-state index contributed by atoms with van der Waals surface area (Å²) in [6.45, 7) is 4.23. The Morgan fingerprint density at radius 3 is 2.35 bits per heavy atom. The topological polar surface area (TPSA) is 44.0 Å². The molecular formula is C16H19F2NO. The van der Waals surface area contributed by atoms with Crippen LogP contribution < -0.4 is 0 Å². The first-order valence-electron chi connectivity index (χ1n) is 6.84. The van der Waals surface area contributed by atoms with Crippen LogP contribution in [-0.2, 0) is 0 Å². The lowest BCUT2D eigenvalue weighted by atomic mass is 9.62. The first kappa shape index (κ1) is 14.9. The quantitative estimate of drug-likeness (QED) is 0.885. The van der Waals surface area contributed by atoms with Gasteiger partial charge >= 0.3 is 0 Å². The van der Waals surface area contributed by atoms with Gasteiger partial charge < -0.3 is 5.11 Å². The number of aliphatic hydroxyl groups excluding tert-OH is 1. The molecule has 0 heterocycles. The molecule has 0 amide bonds. The van der Waals surface area contributed by atoms with Crippen LogP contribution in [0, 0.1) is 33.8 Å². The normalized spacial score (nSPS) is 22.0. The fourth-order valence-corrected chi connectivity index (χ4v) is 2.84. The first-order valence-corrected chi connectivity index (χ1v) is 6.84. The molecule has 1 fully saturated rings. The molecule has 1 atom stereocenters. The molecular weight excluding hydrogens is 260 g/mol. The molecule has 4 heteroatoms. The zero-order valence-corrected chi connectivity index (χ0v) is 11.8. The van der Waals surface area contributed by atoms with E-state index in [1.807, 2.05) is 0 Å². The summed E-state index contributed by atoms with van der Waals surface area (Å²) in [4.78, 5) is 0. The average molecular weight is 279 g/mol. The van der Waals surface area contributed by atoms with Crippen molar-refractivity contribution in [2.24, 2.45) is 10.8 Å². The molecule has 2 nitrogen and oxygen atoms in total. The molecule has 1 aromatic carbocycles. The molecule has 0 radical (unpaired) electrons. The van der Waals surface area contributed by atoms with Gasteiger partial charge in [0.25, 0.3) is 0 Å². The minimum atomic E-state index is -1.29. The van der Waals surface area contributed by atoms with Crippen molar-refractivity contribution in [2.45, 2.75) is 45.6 Å². The molecule has 0 aliphatic heterocycles. The molecule has 0 saturated heterocycles. The summed E-state index contributed by atoms with van der Waals surface area (Å²) in [5.41, 5.74) is -1.02. The lowest BCUT2D eigenvalue weighted by molar-refractivity contribution is 0.00734. The van der Waals surface area contributed by atoms with Crippen LogP contribution in [0.25, 0.3) is 0 Å². The van der Waals surface area contributed by atoms with Crippen LogP contribution in [0.3, 0.4) is 0 Å². The molecule has 1 N–H and O–H groups in total. The van der Waals surface area contributed by atoms with Gasteiger partial charge in [0.05, 0.1) is 11.5 Å². The summed E-state index contributed by atoms with van der Waals surface area (Å²) in [6, 6.07) is 5.15. The van der Waals surface area contributed by atoms with Crippen LogP contribution in [0.15, 0.2) is 18.2 Å². The van der Waals surface area contributed by atoms with Crippen molar-refractivity contribution >= 4 is 0 Å². The highest BCUT2D eigenvalue weighted by atomic mass is 19.1. The third-order valence-electron chi connectivity index (χ3n) is 4.49. The van der Waals surface area contributed by atoms with Crippen molar-refractivity contribution in [1.29, 1.82) is 5.26 Å². The van der Waals surface area contributed by atoms with Crippen LogP contribution in [-0.4, -0.2) is 5.11 Å². The van der Waals surface area contributed by atoms with E-state index in [0.717, 1.165) is 31.0 Å². The number of nitrogens with zero attached hydrogens (tertiary/aromatic N) is 1. The van der Waals surface area contributed by atoms with Crippen molar-refractivity contribution in [3.63, 3.8) is 0 Å². The Bertz CT molecular complexity index is 538. The van der Waals surface area contributed by atoms with E-state index < -0.39 is 23.2 Å². The van der Waals surface area contributed by atoms with E-state index in [9.17, 15) is 19.1 Å². The molecule has 0 aromatic heterocycles. The van der Waals surface area contributed by atoms with Gasteiger partial charge in [-0.25, -0.2) is 8.78 Å². The van der Waals surface area contributed by atoms with Gasteiger partial charge in [0.1, 0.15) is 17.7 Å². The Kier molecular flexibility index (Phi) is 3.84. The van der Waals surface area contributed by atoms with Crippen LogP contribution in [0.2, 0.25) is 0 Å². The number of hydrogen-bond donors (Lipinski definition) is 1. The summed E-state index contributed by atoms with van der Waals surface area (Å²) in [5.74, 6) is -1.27. The minimum Gasteiger partial charge on any atom is -0.387 e. The summed E-state index contributed by atoms with van der Waals surface area (Å²) in [7, 11) is 0. The highest BCUT2D eigenvalue weighted by molar-refractivity contribution is 5.26. The minimum absolute atomic E-state index is 0.119. The van der Waals surface area contributed by atoms with Gasteiger partial charge in [-0.2, -0.15) is 5.26 Å². The SMILES string of the molecule is CC1(C)CCC(C#N)(C(O)c2cc(F)ccc2F)CC1. The highest BCUT2D eigenvalue weighted by Gasteiger charge is 2.45. The second-order valence-corrected chi connectivity index (χ2v) is 6.50. The maximum Gasteiger partial charge on any atom is 0.129 e. The van der Waals surface area contributed by atoms with Crippen LogP contribution in [0.4, 0.5) is 8.78 Å². The molecule has 1 aromatic rings. The van der Waals surface area contributed by atoms with E-state index in [0.29, 0.717) is 12.8 Å². The summed E-state index contributed by atoms with van der Waals surface area (Å²) in [6.07, 6.45) is 1.27. The second kappa shape index (κ2) is 5.14. The predicted octanol–water partition coefficient (Wildman–Crippen LogP) is 4.11. The fraction of sp³-hybridized carbons (Fsp3) is 0.562. The predicted molar refractivity (Wildman–Crippen MR) is 71.6 cm³/mol. The summed E-state index contributed by atoms with van der Waals surface area (Å²) < 4.78 is 27.1. The van der Waals surface area contributed by atoms with Crippen molar-refractivity contribution in [3.8, 4) is 6.07 Å². The molecule has 1 aliphatic rings. The van der Waals surface area contributed by atoms with Crippen molar-refractivity contribution in [3.05, 3.63) is 35.4 Å². The smallest absolute Gasteiger partial charge is 0.129 e. The zero-order chi connectivity index (χ0) is 15.0. The number of halogens is 2. The van der Waals surface area contributed by atoms with Crippen molar-refractivity contribution < 1.29 is 13.9 Å². The van der Waals surface area contributed by atoms with Gasteiger partial charge in [0, 0.05) is 5.56 Å². The molecule has 2 rings (SSSR count). The van der Waals surface area contributed by atoms with E-state index in [-0.39, 0.29) is 11.0 Å². The van der Waals surface area contributed by atoms with E-state index in [4.69, 9.17) is 0 Å². The molecule has 0 spiro atoms. The lowest BCUT2D eigenvalue weighted by Gasteiger charge is -2.42. The standard InChI is InChI=1S/C16H19F2NO/c1-15(2)5-7-16(10-19,8-6-15)14(20)12-9-11(17)3-4-13(12)18/h3-4,9,14,20H,5-8H2,1-2H3. The molecule has 108 valence electrons. The van der Waals surface area contributed by atoms with Gasteiger partial charge in [-0.3, -0.25) is 0 Å². The van der Waals surface area contributed by atoms with E-state index >= 15 is 0 Å². The van der Waals surface area contributed by atoms with Crippen LogP contribution in [0.5, 0.6) is 0 Å². The Labute approximate surface area is 118 Å². The number of benzene rings is 1. The van der Waals surface area contributed by atoms with Crippen molar-refractivity contribution in [2.75, 3.05) is 0 Å². The van der Waals surface area contributed by atoms with Gasteiger partial charge in [0.2, 0.25) is 0 Å². The van der Waals surface area contributed by atoms with Crippen LogP contribution in [0.1, 0.15) is 51.2 Å². The summed E-state index contributed by atoms with van der Waals surface area (Å²) >= 11 is 0. The van der Waals surface area contributed by atoms with E-state index in [1.165, 1.54) is 0 Å². The molecule has 1 saturated carbocycles. The second-order valence-electron chi connectivity index (χ2n) is 6.50. The van der Waals surface area contributed by atoms with Gasteiger partial charge in [-0.1, -0.05) is 13.8 Å². The first-order chi connectivity index (χ1) is 9.30. The Morgan fingerprint density at radius 2 is 1.80 bits per heavy atom. The summed E-state index contributed by atoms with van der Waals surface area (Å²) in [5, 5.41) is 19.9. The number of hydrogen-bond acceptors (Lipinski definition) is 2. The van der Waals surface area contributed by atoms with Crippen LogP contribution >= 0.6 is 0 Å². The number of nitriles is 1. The van der Waals surface area contributed by atoms with Gasteiger partial charge in [-0.05, 0) is 49.3 Å². The zero-order valence-electron chi connectivity index (χ0n) is 11.8. The maximum absolute atomic E-state index is 13.8. The third kappa shape index (κ3) is 2.69. The maximum atomic E-state index is 13.8. The Hall–Kier alpha value is -1.47. The molecule has 1 unspecified atom stereocenters. The van der Waals surface area contributed by atoms with Crippen molar-refractivity contribution in [1.82, 2.24) is 0 Å². The number of aliphatic hydroxyl groups is 1. The Morgan fingerprint density at radius 1 is 1.20 bits per heavy atom. The fourth-order valence-electron chi connectivity index (χ4n) is 2.84. The molecule has 0 bridgehead atoms. The lowest BCUT2D eigenvalue weighted by Crippen LogP contribution is -2.35.